The number of nitrogens with one attached hydrogen (secondary N) is 2. The predicted octanol–water partition coefficient (Wildman–Crippen LogP) is 2.90. The second-order valence-corrected chi connectivity index (χ2v) is 6.13. The Kier molecular flexibility index (Phi) is 5.44. The van der Waals surface area contributed by atoms with Crippen LogP contribution in [0.3, 0.4) is 0 Å². The SMILES string of the molecule is CCn1c(=O)[nH]c2cc(C(=O)Nc3cccc(OCC(F)(F)F)c3)ccc2c1=O. The molecular weight excluding hydrogens is 391 g/mol. The zero-order valence-corrected chi connectivity index (χ0v) is 15.2. The molecule has 2 N–H and O–H groups in total. The summed E-state index contributed by atoms with van der Waals surface area (Å²) < 4.78 is 42.5. The highest BCUT2D eigenvalue weighted by Crippen LogP contribution is 2.22. The fourth-order valence-corrected chi connectivity index (χ4v) is 2.71. The number of carbonyl (C=O) groups excluding carboxylic acids is 1. The molecule has 29 heavy (non-hydrogen) atoms. The number of H-pyrrole nitrogens is 1. The molecule has 152 valence electrons. The highest BCUT2D eigenvalue weighted by Gasteiger charge is 2.28. The fraction of sp³-hybridized carbons (Fsp3) is 0.211. The number of anilines is 1. The number of nitrogens with zero attached hydrogens (tertiary/aromatic N) is 1. The van der Waals surface area contributed by atoms with E-state index >= 15 is 0 Å². The normalized spacial score (nSPS) is 11.4. The molecule has 0 spiro atoms. The van der Waals surface area contributed by atoms with Crippen LogP contribution < -0.4 is 21.3 Å². The molecule has 0 aliphatic carbocycles. The van der Waals surface area contributed by atoms with E-state index in [9.17, 15) is 27.6 Å². The third-order valence-corrected chi connectivity index (χ3v) is 4.05. The van der Waals surface area contributed by atoms with Crippen LogP contribution in [0, 0.1) is 0 Å². The molecule has 0 radical (unpaired) electrons. The minimum Gasteiger partial charge on any atom is -0.484 e. The largest absolute Gasteiger partial charge is 0.484 e. The zero-order chi connectivity index (χ0) is 21.2. The summed E-state index contributed by atoms with van der Waals surface area (Å²) in [5.41, 5.74) is -0.461. The van der Waals surface area contributed by atoms with Crippen molar-refractivity contribution in [2.75, 3.05) is 11.9 Å². The molecule has 7 nitrogen and oxygen atoms in total. The molecule has 1 amide bonds. The number of benzene rings is 2. The molecule has 0 saturated heterocycles. The number of carbonyl (C=O) groups is 1. The fourth-order valence-electron chi connectivity index (χ4n) is 2.71. The van der Waals surface area contributed by atoms with Crippen LogP contribution in [0.25, 0.3) is 10.9 Å². The summed E-state index contributed by atoms with van der Waals surface area (Å²) in [5.74, 6) is -0.622. The molecule has 10 heteroatoms. The van der Waals surface area contributed by atoms with Gasteiger partial charge in [0, 0.05) is 23.9 Å². The van der Waals surface area contributed by atoms with Crippen molar-refractivity contribution in [3.63, 3.8) is 0 Å². The summed E-state index contributed by atoms with van der Waals surface area (Å²) in [4.78, 5) is 39.2. The van der Waals surface area contributed by atoms with E-state index in [4.69, 9.17) is 0 Å². The van der Waals surface area contributed by atoms with E-state index in [1.807, 2.05) is 0 Å². The highest BCUT2D eigenvalue weighted by molar-refractivity contribution is 6.06. The maximum absolute atomic E-state index is 12.5. The van der Waals surface area contributed by atoms with Gasteiger partial charge >= 0.3 is 11.9 Å². The second kappa shape index (κ2) is 7.82. The Bertz CT molecular complexity index is 1180. The van der Waals surface area contributed by atoms with Crippen LogP contribution in [0.4, 0.5) is 18.9 Å². The van der Waals surface area contributed by atoms with Crippen molar-refractivity contribution in [2.24, 2.45) is 0 Å². The minimum atomic E-state index is -4.47. The molecule has 0 aliphatic rings. The van der Waals surface area contributed by atoms with Crippen LogP contribution in [0.15, 0.2) is 52.1 Å². The smallest absolute Gasteiger partial charge is 0.422 e. The number of halogens is 3. The molecular formula is C19H16F3N3O4. The first-order chi connectivity index (χ1) is 13.7. The van der Waals surface area contributed by atoms with Crippen molar-refractivity contribution in [1.29, 1.82) is 0 Å². The van der Waals surface area contributed by atoms with E-state index in [0.29, 0.717) is 0 Å². The number of alkyl halides is 3. The third kappa shape index (κ3) is 4.65. The maximum Gasteiger partial charge on any atom is 0.422 e. The Morgan fingerprint density at radius 1 is 1.17 bits per heavy atom. The highest BCUT2D eigenvalue weighted by atomic mass is 19.4. The molecule has 3 rings (SSSR count). The molecule has 3 aromatic rings. The van der Waals surface area contributed by atoms with Gasteiger partial charge in [0.05, 0.1) is 10.9 Å². The molecule has 0 unspecified atom stereocenters. The number of hydrogen-bond acceptors (Lipinski definition) is 4. The molecule has 1 heterocycles. The first-order valence-electron chi connectivity index (χ1n) is 8.56. The van der Waals surface area contributed by atoms with Gasteiger partial charge in [-0.15, -0.1) is 0 Å². The van der Waals surface area contributed by atoms with Crippen molar-refractivity contribution in [2.45, 2.75) is 19.6 Å². The first kappa shape index (κ1) is 20.2. The summed E-state index contributed by atoms with van der Waals surface area (Å²) in [7, 11) is 0. The summed E-state index contributed by atoms with van der Waals surface area (Å²) in [6, 6.07) is 9.72. The minimum absolute atomic E-state index is 0.0527. The number of aromatic amines is 1. The lowest BCUT2D eigenvalue weighted by molar-refractivity contribution is -0.153. The van der Waals surface area contributed by atoms with Crippen molar-refractivity contribution in [3.8, 4) is 5.75 Å². The lowest BCUT2D eigenvalue weighted by atomic mass is 10.1. The number of amides is 1. The molecule has 0 saturated carbocycles. The summed E-state index contributed by atoms with van der Waals surface area (Å²) in [5, 5.41) is 2.79. The van der Waals surface area contributed by atoms with Gasteiger partial charge in [-0.05, 0) is 37.3 Å². The van der Waals surface area contributed by atoms with Crippen molar-refractivity contribution < 1.29 is 22.7 Å². The average molecular weight is 407 g/mol. The Morgan fingerprint density at radius 2 is 1.93 bits per heavy atom. The Balaban J connectivity index is 1.83. The van der Waals surface area contributed by atoms with E-state index in [1.165, 1.54) is 42.5 Å². The Hall–Kier alpha value is -3.56. The summed E-state index contributed by atoms with van der Waals surface area (Å²) in [6.45, 7) is 0.424. The van der Waals surface area contributed by atoms with E-state index in [2.05, 4.69) is 15.0 Å². The molecule has 2 aromatic carbocycles. The maximum atomic E-state index is 12.5. The van der Waals surface area contributed by atoms with E-state index in [1.54, 1.807) is 6.92 Å². The van der Waals surface area contributed by atoms with E-state index in [-0.39, 0.29) is 34.4 Å². The predicted molar refractivity (Wildman–Crippen MR) is 100 cm³/mol. The van der Waals surface area contributed by atoms with Crippen molar-refractivity contribution in [3.05, 3.63) is 68.9 Å². The molecule has 1 aromatic heterocycles. The quantitative estimate of drug-likeness (QED) is 0.680. The van der Waals surface area contributed by atoms with E-state index < -0.39 is 29.9 Å². The van der Waals surface area contributed by atoms with Gasteiger partial charge in [-0.2, -0.15) is 13.2 Å². The number of fused-ring (bicyclic) bond motifs is 1. The van der Waals surface area contributed by atoms with Crippen LogP contribution in [0.2, 0.25) is 0 Å². The van der Waals surface area contributed by atoms with Gasteiger partial charge in [-0.3, -0.25) is 14.2 Å². The average Bonchev–Trinajstić information content (AvgIpc) is 2.66. The van der Waals surface area contributed by atoms with Gasteiger partial charge in [-0.25, -0.2) is 4.79 Å². The van der Waals surface area contributed by atoms with Gasteiger partial charge in [0.15, 0.2) is 6.61 Å². The standard InChI is InChI=1S/C19H16F3N3O4/c1-2-25-17(27)14-7-6-11(8-15(14)24-18(25)28)16(26)23-12-4-3-5-13(9-12)29-10-19(20,21)22/h3-9H,2,10H2,1H3,(H,23,26)(H,24,28). The number of ether oxygens (including phenoxy) is 1. The van der Waals surface area contributed by atoms with Crippen LogP contribution in [0.1, 0.15) is 17.3 Å². The van der Waals surface area contributed by atoms with Gasteiger partial charge in [0.2, 0.25) is 0 Å². The van der Waals surface area contributed by atoms with Gasteiger partial charge < -0.3 is 15.0 Å². The van der Waals surface area contributed by atoms with E-state index in [0.717, 1.165) is 4.57 Å². The second-order valence-electron chi connectivity index (χ2n) is 6.13. The number of rotatable bonds is 5. The van der Waals surface area contributed by atoms with Crippen LogP contribution in [0.5, 0.6) is 5.75 Å². The van der Waals surface area contributed by atoms with Gasteiger partial charge in [0.25, 0.3) is 11.5 Å². The van der Waals surface area contributed by atoms with Gasteiger partial charge in [-0.1, -0.05) is 6.07 Å². The van der Waals surface area contributed by atoms with Crippen LogP contribution in [-0.4, -0.2) is 28.2 Å². The van der Waals surface area contributed by atoms with Crippen LogP contribution in [-0.2, 0) is 6.54 Å². The zero-order valence-electron chi connectivity index (χ0n) is 15.2. The van der Waals surface area contributed by atoms with Crippen molar-refractivity contribution in [1.82, 2.24) is 9.55 Å². The third-order valence-electron chi connectivity index (χ3n) is 4.05. The molecule has 0 bridgehead atoms. The molecule has 0 fully saturated rings. The van der Waals surface area contributed by atoms with Crippen LogP contribution >= 0.6 is 0 Å². The first-order valence-corrected chi connectivity index (χ1v) is 8.56. The summed E-state index contributed by atoms with van der Waals surface area (Å²) >= 11 is 0. The topological polar surface area (TPSA) is 93.2 Å². The lowest BCUT2D eigenvalue weighted by Crippen LogP contribution is -2.34. The number of hydrogen-bond donors (Lipinski definition) is 2. The Morgan fingerprint density at radius 3 is 2.62 bits per heavy atom. The Labute approximate surface area is 161 Å². The molecule has 0 aliphatic heterocycles. The van der Waals surface area contributed by atoms with Crippen molar-refractivity contribution >= 4 is 22.5 Å². The monoisotopic (exact) mass is 407 g/mol. The van der Waals surface area contributed by atoms with Gasteiger partial charge in [0.1, 0.15) is 5.75 Å². The lowest BCUT2D eigenvalue weighted by Gasteiger charge is -2.11. The summed E-state index contributed by atoms with van der Waals surface area (Å²) in [6.07, 6.45) is -4.47. The number of aromatic nitrogens is 2. The molecule has 0 atom stereocenters.